The van der Waals surface area contributed by atoms with Gasteiger partial charge in [0, 0.05) is 9.92 Å². The Balaban J connectivity index is 2.37. The van der Waals surface area contributed by atoms with Gasteiger partial charge in [-0.25, -0.2) is 0 Å². The Kier molecular flexibility index (Phi) is 8.06. The van der Waals surface area contributed by atoms with Crippen LogP contribution in [-0.4, -0.2) is 17.8 Å². The molecule has 1 N–H and O–H groups in total. The first-order valence-electron chi connectivity index (χ1n) is 7.20. The lowest BCUT2D eigenvalue weighted by atomic mass is 9.92. The van der Waals surface area contributed by atoms with Crippen molar-refractivity contribution in [2.75, 3.05) is 12.3 Å². The summed E-state index contributed by atoms with van der Waals surface area (Å²) in [5, 5.41) is 13.6. The molecule has 20 heavy (non-hydrogen) atoms. The second-order valence-electron chi connectivity index (χ2n) is 4.88. The highest BCUT2D eigenvalue weighted by Crippen LogP contribution is 2.24. The van der Waals surface area contributed by atoms with Gasteiger partial charge in [0.25, 0.3) is 0 Å². The standard InChI is InChI=1S/C16H23ClN2S/c1-3-11-19-16(4-2,13-18)10-5-12-20-15-8-6-14(17)7-9-15/h6-9,19H,3-5,10-12H2,1-2H3. The number of rotatable bonds is 9. The molecule has 0 saturated heterocycles. The van der Waals surface area contributed by atoms with Crippen LogP contribution in [-0.2, 0) is 0 Å². The van der Waals surface area contributed by atoms with Crippen LogP contribution in [0, 0.1) is 11.3 Å². The lowest BCUT2D eigenvalue weighted by Crippen LogP contribution is -2.43. The molecule has 1 aromatic rings. The van der Waals surface area contributed by atoms with Crippen LogP contribution in [0.15, 0.2) is 29.2 Å². The van der Waals surface area contributed by atoms with Gasteiger partial charge < -0.3 is 0 Å². The van der Waals surface area contributed by atoms with Crippen LogP contribution in [0.2, 0.25) is 5.02 Å². The molecule has 1 rings (SSSR count). The summed E-state index contributed by atoms with van der Waals surface area (Å²) in [5.74, 6) is 1.03. The Morgan fingerprint density at radius 2 is 2.00 bits per heavy atom. The maximum atomic E-state index is 9.42. The highest BCUT2D eigenvalue weighted by Gasteiger charge is 2.25. The topological polar surface area (TPSA) is 35.8 Å². The van der Waals surface area contributed by atoms with E-state index < -0.39 is 0 Å². The van der Waals surface area contributed by atoms with Crippen molar-refractivity contribution in [1.82, 2.24) is 5.32 Å². The maximum Gasteiger partial charge on any atom is 0.106 e. The van der Waals surface area contributed by atoms with Crippen molar-refractivity contribution in [1.29, 1.82) is 5.26 Å². The number of nitrogens with zero attached hydrogens (tertiary/aromatic N) is 1. The number of thioether (sulfide) groups is 1. The highest BCUT2D eigenvalue weighted by molar-refractivity contribution is 7.99. The molecular weight excluding hydrogens is 288 g/mol. The molecule has 0 aliphatic heterocycles. The fourth-order valence-electron chi connectivity index (χ4n) is 2.02. The average Bonchev–Trinajstić information content (AvgIpc) is 2.49. The summed E-state index contributed by atoms with van der Waals surface area (Å²) < 4.78 is 0. The molecule has 0 amide bonds. The minimum absolute atomic E-state index is 0.351. The fourth-order valence-corrected chi connectivity index (χ4v) is 3.00. The molecule has 110 valence electrons. The third kappa shape index (κ3) is 5.75. The first-order valence-corrected chi connectivity index (χ1v) is 8.57. The van der Waals surface area contributed by atoms with E-state index in [1.165, 1.54) is 4.90 Å². The summed E-state index contributed by atoms with van der Waals surface area (Å²) in [6.07, 6.45) is 3.85. The Labute approximate surface area is 131 Å². The lowest BCUT2D eigenvalue weighted by molar-refractivity contribution is 0.371. The number of benzene rings is 1. The van der Waals surface area contributed by atoms with Gasteiger partial charge in [-0.3, -0.25) is 5.32 Å². The maximum absolute atomic E-state index is 9.42. The van der Waals surface area contributed by atoms with E-state index in [1.807, 2.05) is 36.0 Å². The van der Waals surface area contributed by atoms with Crippen LogP contribution >= 0.6 is 23.4 Å². The third-order valence-electron chi connectivity index (χ3n) is 3.36. The van der Waals surface area contributed by atoms with Crippen LogP contribution in [0.5, 0.6) is 0 Å². The Hall–Kier alpha value is -0.690. The Bertz CT molecular complexity index is 427. The molecule has 0 saturated carbocycles. The molecule has 0 radical (unpaired) electrons. The molecular formula is C16H23ClN2S. The molecule has 1 atom stereocenters. The van der Waals surface area contributed by atoms with E-state index in [2.05, 4.69) is 25.2 Å². The number of nitrogens with one attached hydrogen (secondary N) is 1. The van der Waals surface area contributed by atoms with E-state index in [9.17, 15) is 5.26 Å². The minimum atomic E-state index is -0.351. The van der Waals surface area contributed by atoms with Crippen LogP contribution in [0.4, 0.5) is 0 Å². The predicted octanol–water partition coefficient (Wildman–Crippen LogP) is 4.88. The monoisotopic (exact) mass is 310 g/mol. The zero-order valence-electron chi connectivity index (χ0n) is 12.3. The van der Waals surface area contributed by atoms with Crippen LogP contribution in [0.25, 0.3) is 0 Å². The Morgan fingerprint density at radius 1 is 1.30 bits per heavy atom. The normalized spacial score (nSPS) is 13.7. The van der Waals surface area contributed by atoms with Crippen molar-refractivity contribution in [2.24, 2.45) is 0 Å². The zero-order chi connectivity index (χ0) is 14.8. The number of hydrogen-bond donors (Lipinski definition) is 1. The summed E-state index contributed by atoms with van der Waals surface area (Å²) in [6.45, 7) is 5.12. The van der Waals surface area contributed by atoms with E-state index in [1.54, 1.807) is 0 Å². The SMILES string of the molecule is CCCNC(C#N)(CC)CCCSc1ccc(Cl)cc1. The number of hydrogen-bond acceptors (Lipinski definition) is 3. The van der Waals surface area contributed by atoms with Gasteiger partial charge >= 0.3 is 0 Å². The van der Waals surface area contributed by atoms with E-state index in [4.69, 9.17) is 11.6 Å². The van der Waals surface area contributed by atoms with E-state index in [-0.39, 0.29) is 5.54 Å². The first kappa shape index (κ1) is 17.4. The smallest absolute Gasteiger partial charge is 0.106 e. The van der Waals surface area contributed by atoms with Crippen molar-refractivity contribution in [2.45, 2.75) is 50.0 Å². The highest BCUT2D eigenvalue weighted by atomic mass is 35.5. The van der Waals surface area contributed by atoms with E-state index in [0.717, 1.165) is 43.0 Å². The van der Waals surface area contributed by atoms with Crippen molar-refractivity contribution < 1.29 is 0 Å². The average molecular weight is 311 g/mol. The van der Waals surface area contributed by atoms with E-state index in [0.29, 0.717) is 0 Å². The summed E-state index contributed by atoms with van der Waals surface area (Å²) in [5.41, 5.74) is -0.351. The molecule has 0 bridgehead atoms. The summed E-state index contributed by atoms with van der Waals surface area (Å²) >= 11 is 7.68. The molecule has 4 heteroatoms. The van der Waals surface area contributed by atoms with Crippen molar-refractivity contribution in [3.8, 4) is 6.07 Å². The molecule has 1 unspecified atom stereocenters. The number of halogens is 1. The fraction of sp³-hybridized carbons (Fsp3) is 0.562. The van der Waals surface area contributed by atoms with Gasteiger partial charge in [0.2, 0.25) is 0 Å². The minimum Gasteiger partial charge on any atom is -0.299 e. The summed E-state index contributed by atoms with van der Waals surface area (Å²) in [4.78, 5) is 1.23. The van der Waals surface area contributed by atoms with Gasteiger partial charge in [0.15, 0.2) is 0 Å². The molecule has 1 aromatic carbocycles. The summed E-state index contributed by atoms with van der Waals surface area (Å²) in [7, 11) is 0. The van der Waals surface area contributed by atoms with Gasteiger partial charge in [0.1, 0.15) is 5.54 Å². The molecule has 0 aromatic heterocycles. The second kappa shape index (κ2) is 9.28. The van der Waals surface area contributed by atoms with Gasteiger partial charge in [-0.15, -0.1) is 11.8 Å². The summed E-state index contributed by atoms with van der Waals surface area (Å²) in [6, 6.07) is 10.4. The van der Waals surface area contributed by atoms with Gasteiger partial charge in [0.05, 0.1) is 6.07 Å². The molecule has 0 fully saturated rings. The molecule has 0 aliphatic rings. The zero-order valence-corrected chi connectivity index (χ0v) is 13.9. The van der Waals surface area contributed by atoms with Crippen molar-refractivity contribution in [3.05, 3.63) is 29.3 Å². The first-order chi connectivity index (χ1) is 9.65. The predicted molar refractivity (Wildman–Crippen MR) is 88.3 cm³/mol. The van der Waals surface area contributed by atoms with Crippen LogP contribution in [0.1, 0.15) is 39.5 Å². The van der Waals surface area contributed by atoms with Gasteiger partial charge in [-0.05, 0) is 62.2 Å². The van der Waals surface area contributed by atoms with Crippen molar-refractivity contribution in [3.63, 3.8) is 0 Å². The Morgan fingerprint density at radius 3 is 2.55 bits per heavy atom. The largest absolute Gasteiger partial charge is 0.299 e. The molecule has 2 nitrogen and oxygen atoms in total. The quantitative estimate of drug-likeness (QED) is 0.521. The second-order valence-corrected chi connectivity index (χ2v) is 6.48. The van der Waals surface area contributed by atoms with Gasteiger partial charge in [-0.1, -0.05) is 25.4 Å². The van der Waals surface area contributed by atoms with Crippen LogP contribution < -0.4 is 5.32 Å². The molecule has 0 aliphatic carbocycles. The number of nitriles is 1. The lowest BCUT2D eigenvalue weighted by Gasteiger charge is -2.26. The molecule has 0 spiro atoms. The van der Waals surface area contributed by atoms with Crippen molar-refractivity contribution >= 4 is 23.4 Å². The van der Waals surface area contributed by atoms with Crippen LogP contribution in [0.3, 0.4) is 0 Å². The van der Waals surface area contributed by atoms with E-state index >= 15 is 0 Å². The third-order valence-corrected chi connectivity index (χ3v) is 4.71. The van der Waals surface area contributed by atoms with Gasteiger partial charge in [-0.2, -0.15) is 5.26 Å². The molecule has 0 heterocycles.